The summed E-state index contributed by atoms with van der Waals surface area (Å²) in [6, 6.07) is 0. The summed E-state index contributed by atoms with van der Waals surface area (Å²) in [7, 11) is 0. The third kappa shape index (κ3) is 17.7. The van der Waals surface area contributed by atoms with Crippen LogP contribution in [0.1, 0.15) is 104 Å². The Morgan fingerprint density at radius 3 is 1.63 bits per heavy atom. The highest BCUT2D eigenvalue weighted by molar-refractivity contribution is 4.81. The van der Waals surface area contributed by atoms with Crippen LogP contribution >= 0.6 is 0 Å². The minimum atomic E-state index is 0.866. The van der Waals surface area contributed by atoms with Gasteiger partial charge in [-0.15, -0.1) is 0 Å². The molecule has 0 amide bonds. The summed E-state index contributed by atoms with van der Waals surface area (Å²) in [4.78, 5) is 0. The van der Waals surface area contributed by atoms with Gasteiger partial charge in [-0.05, 0) is 31.6 Å². The Morgan fingerprint density at radius 1 is 0.632 bits per heavy atom. The SMILES string of the molecule is CCCCCCCCCCCC=CCCCC(C)C. The van der Waals surface area contributed by atoms with Crippen LogP contribution in [0.5, 0.6) is 0 Å². The molecule has 0 radical (unpaired) electrons. The lowest BCUT2D eigenvalue weighted by Crippen LogP contribution is -1.85. The van der Waals surface area contributed by atoms with E-state index in [1.165, 1.54) is 83.5 Å². The lowest BCUT2D eigenvalue weighted by atomic mass is 10.1. The summed E-state index contributed by atoms with van der Waals surface area (Å²) in [5, 5.41) is 0. The molecule has 0 aromatic rings. The van der Waals surface area contributed by atoms with E-state index in [1.54, 1.807) is 0 Å². The largest absolute Gasteiger partial charge is 0.0885 e. The minimum Gasteiger partial charge on any atom is -0.0885 e. The summed E-state index contributed by atoms with van der Waals surface area (Å²) < 4.78 is 0. The van der Waals surface area contributed by atoms with Crippen molar-refractivity contribution in [3.8, 4) is 0 Å². The van der Waals surface area contributed by atoms with Crippen LogP contribution in [0.2, 0.25) is 0 Å². The second-order valence-corrected chi connectivity index (χ2v) is 6.41. The van der Waals surface area contributed by atoms with Crippen LogP contribution in [-0.4, -0.2) is 0 Å². The van der Waals surface area contributed by atoms with E-state index in [-0.39, 0.29) is 0 Å². The maximum absolute atomic E-state index is 2.40. The van der Waals surface area contributed by atoms with Crippen molar-refractivity contribution in [1.29, 1.82) is 0 Å². The average molecular weight is 267 g/mol. The van der Waals surface area contributed by atoms with Crippen LogP contribution < -0.4 is 0 Å². The molecule has 0 atom stereocenters. The fourth-order valence-electron chi connectivity index (χ4n) is 2.45. The molecule has 0 aliphatic carbocycles. The van der Waals surface area contributed by atoms with Crippen LogP contribution in [-0.2, 0) is 0 Å². The molecular weight excluding hydrogens is 228 g/mol. The zero-order valence-electron chi connectivity index (χ0n) is 13.9. The first-order chi connectivity index (χ1) is 9.27. The van der Waals surface area contributed by atoms with Gasteiger partial charge in [0.25, 0.3) is 0 Å². The van der Waals surface area contributed by atoms with Crippen molar-refractivity contribution in [2.75, 3.05) is 0 Å². The molecule has 0 saturated carbocycles. The summed E-state index contributed by atoms with van der Waals surface area (Å²) in [5.41, 5.74) is 0. The molecule has 0 unspecified atom stereocenters. The lowest BCUT2D eigenvalue weighted by Gasteiger charge is -2.01. The van der Waals surface area contributed by atoms with Crippen molar-refractivity contribution in [1.82, 2.24) is 0 Å². The maximum Gasteiger partial charge on any atom is -0.0351 e. The van der Waals surface area contributed by atoms with Crippen molar-refractivity contribution in [2.24, 2.45) is 5.92 Å². The highest BCUT2D eigenvalue weighted by atomic mass is 14.0. The highest BCUT2D eigenvalue weighted by Crippen LogP contribution is 2.11. The molecule has 19 heavy (non-hydrogen) atoms. The molecule has 0 heterocycles. The predicted molar refractivity (Wildman–Crippen MR) is 89.7 cm³/mol. The Balaban J connectivity index is 3.03. The number of rotatable bonds is 14. The smallest absolute Gasteiger partial charge is 0.0351 e. The van der Waals surface area contributed by atoms with Crippen molar-refractivity contribution < 1.29 is 0 Å². The topological polar surface area (TPSA) is 0 Å². The molecule has 0 aromatic heterocycles. The predicted octanol–water partition coefficient (Wildman–Crippen LogP) is 7.29. The number of allylic oxidation sites excluding steroid dienone is 2. The average Bonchev–Trinajstić information content (AvgIpc) is 2.39. The second kappa shape index (κ2) is 15.8. The van der Waals surface area contributed by atoms with Gasteiger partial charge >= 0.3 is 0 Å². The molecule has 0 fully saturated rings. The maximum atomic E-state index is 2.40. The summed E-state index contributed by atoms with van der Waals surface area (Å²) in [6.07, 6.45) is 23.1. The van der Waals surface area contributed by atoms with Crippen molar-refractivity contribution in [3.63, 3.8) is 0 Å². The quantitative estimate of drug-likeness (QED) is 0.229. The zero-order chi connectivity index (χ0) is 14.2. The number of hydrogen-bond donors (Lipinski definition) is 0. The first-order valence-electron chi connectivity index (χ1n) is 8.92. The Labute approximate surface area is 123 Å². The molecule has 0 nitrogen and oxygen atoms in total. The molecule has 0 bridgehead atoms. The minimum absolute atomic E-state index is 0.866. The zero-order valence-corrected chi connectivity index (χ0v) is 13.9. The lowest BCUT2D eigenvalue weighted by molar-refractivity contribution is 0.558. The molecule has 0 heteroatoms. The normalized spacial score (nSPS) is 11.8. The third-order valence-corrected chi connectivity index (χ3v) is 3.79. The first-order valence-corrected chi connectivity index (χ1v) is 8.92. The van der Waals surface area contributed by atoms with Crippen molar-refractivity contribution >= 4 is 0 Å². The van der Waals surface area contributed by atoms with E-state index in [0.29, 0.717) is 0 Å². The van der Waals surface area contributed by atoms with Crippen LogP contribution in [0, 0.1) is 5.92 Å². The Bertz CT molecular complexity index is 178. The highest BCUT2D eigenvalue weighted by Gasteiger charge is 1.92. The van der Waals surface area contributed by atoms with Crippen LogP contribution in [0.15, 0.2) is 12.2 Å². The molecule has 0 rings (SSSR count). The van der Waals surface area contributed by atoms with Gasteiger partial charge in [0, 0.05) is 0 Å². The van der Waals surface area contributed by atoms with E-state index < -0.39 is 0 Å². The van der Waals surface area contributed by atoms with Gasteiger partial charge in [-0.2, -0.15) is 0 Å². The molecule has 0 aliphatic rings. The van der Waals surface area contributed by atoms with Gasteiger partial charge < -0.3 is 0 Å². The van der Waals surface area contributed by atoms with E-state index in [1.807, 2.05) is 0 Å². The molecule has 0 aromatic carbocycles. The molecule has 0 aliphatic heterocycles. The molecular formula is C19H38. The van der Waals surface area contributed by atoms with Gasteiger partial charge in [-0.1, -0.05) is 90.7 Å². The van der Waals surface area contributed by atoms with Gasteiger partial charge in [0.2, 0.25) is 0 Å². The summed E-state index contributed by atoms with van der Waals surface area (Å²) in [6.45, 7) is 6.91. The Morgan fingerprint density at radius 2 is 1.11 bits per heavy atom. The fraction of sp³-hybridized carbons (Fsp3) is 0.895. The van der Waals surface area contributed by atoms with Crippen LogP contribution in [0.3, 0.4) is 0 Å². The molecule has 114 valence electrons. The Hall–Kier alpha value is -0.260. The fourth-order valence-corrected chi connectivity index (χ4v) is 2.45. The summed E-state index contributed by atoms with van der Waals surface area (Å²) in [5.74, 6) is 0.866. The van der Waals surface area contributed by atoms with Crippen molar-refractivity contribution in [3.05, 3.63) is 12.2 Å². The molecule has 0 spiro atoms. The molecule has 0 saturated heterocycles. The van der Waals surface area contributed by atoms with Gasteiger partial charge in [0.15, 0.2) is 0 Å². The van der Waals surface area contributed by atoms with Gasteiger partial charge in [-0.25, -0.2) is 0 Å². The van der Waals surface area contributed by atoms with E-state index >= 15 is 0 Å². The van der Waals surface area contributed by atoms with Gasteiger partial charge in [-0.3, -0.25) is 0 Å². The monoisotopic (exact) mass is 266 g/mol. The number of hydrogen-bond acceptors (Lipinski definition) is 0. The first kappa shape index (κ1) is 18.7. The Kier molecular flexibility index (Phi) is 15.6. The van der Waals surface area contributed by atoms with E-state index in [9.17, 15) is 0 Å². The standard InChI is InChI=1S/C19H38/c1-4-5-6-7-8-9-10-11-12-13-14-15-16-17-18-19(2)3/h14-15,19H,4-13,16-18H2,1-3H3. The van der Waals surface area contributed by atoms with Gasteiger partial charge in [0.05, 0.1) is 0 Å². The van der Waals surface area contributed by atoms with Crippen LogP contribution in [0.4, 0.5) is 0 Å². The third-order valence-electron chi connectivity index (χ3n) is 3.79. The van der Waals surface area contributed by atoms with E-state index in [0.717, 1.165) is 5.92 Å². The number of unbranched alkanes of at least 4 members (excludes halogenated alkanes) is 10. The van der Waals surface area contributed by atoms with Crippen molar-refractivity contribution in [2.45, 2.75) is 104 Å². The molecule has 0 N–H and O–H groups in total. The van der Waals surface area contributed by atoms with E-state index in [2.05, 4.69) is 32.9 Å². The van der Waals surface area contributed by atoms with Crippen LogP contribution in [0.25, 0.3) is 0 Å². The summed E-state index contributed by atoms with van der Waals surface area (Å²) >= 11 is 0. The second-order valence-electron chi connectivity index (χ2n) is 6.41. The van der Waals surface area contributed by atoms with Gasteiger partial charge in [0.1, 0.15) is 0 Å². The van der Waals surface area contributed by atoms with E-state index in [4.69, 9.17) is 0 Å².